The van der Waals surface area contributed by atoms with Gasteiger partial charge in [0, 0.05) is 3.57 Å². The summed E-state index contributed by atoms with van der Waals surface area (Å²) < 4.78 is 37.8. The summed E-state index contributed by atoms with van der Waals surface area (Å²) in [6.07, 6.45) is -1.08. The quantitative estimate of drug-likeness (QED) is 0.232. The fourth-order valence-corrected chi connectivity index (χ4v) is 5.98. The van der Waals surface area contributed by atoms with E-state index in [1.807, 2.05) is 22.6 Å². The Morgan fingerprint density at radius 1 is 1.09 bits per heavy atom. The molecule has 1 amide bonds. The molecule has 4 rings (SSSR count). The molecule has 8 nitrogen and oxygen atoms in total. The van der Waals surface area contributed by atoms with Crippen molar-refractivity contribution in [2.24, 2.45) is 0 Å². The van der Waals surface area contributed by atoms with Crippen LogP contribution in [0, 0.1) is 3.57 Å². The number of nitrogens with one attached hydrogen (secondary N) is 2. The van der Waals surface area contributed by atoms with Crippen molar-refractivity contribution in [1.29, 1.82) is 0 Å². The Morgan fingerprint density at radius 2 is 1.86 bits per heavy atom. The van der Waals surface area contributed by atoms with Gasteiger partial charge in [-0.3, -0.25) is 9.52 Å². The molecule has 0 aliphatic rings. The molecule has 0 spiro atoms. The summed E-state index contributed by atoms with van der Waals surface area (Å²) in [6, 6.07) is 13.4. The summed E-state index contributed by atoms with van der Waals surface area (Å²) in [4.78, 5) is 13.1. The van der Waals surface area contributed by atoms with Crippen LogP contribution in [0.3, 0.4) is 0 Å². The fraction of sp³-hybridized carbons (Fsp3) is 0.136. The Hall–Kier alpha value is -2.03. The van der Waals surface area contributed by atoms with Gasteiger partial charge in [-0.05, 0) is 77.5 Å². The Labute approximate surface area is 229 Å². The lowest BCUT2D eigenvalue weighted by atomic mass is 10.0. The predicted molar refractivity (Wildman–Crippen MR) is 146 cm³/mol. The highest BCUT2D eigenvalue weighted by Gasteiger charge is 2.25. The van der Waals surface area contributed by atoms with Crippen molar-refractivity contribution in [1.82, 2.24) is 14.1 Å². The minimum atomic E-state index is -4.08. The van der Waals surface area contributed by atoms with Gasteiger partial charge in [-0.15, -0.1) is 0 Å². The maximum atomic E-state index is 13.2. The number of hydrogen-bond donors (Lipinski definition) is 3. The zero-order valence-electron chi connectivity index (χ0n) is 17.9. The Balaban J connectivity index is 1.60. The van der Waals surface area contributed by atoms with Gasteiger partial charge in [-0.25, -0.2) is 8.42 Å². The normalized spacial score (nSPS) is 13.4. The van der Waals surface area contributed by atoms with E-state index in [1.54, 1.807) is 43.3 Å². The van der Waals surface area contributed by atoms with Gasteiger partial charge in [0.25, 0.3) is 15.9 Å². The summed E-state index contributed by atoms with van der Waals surface area (Å²) in [5, 5.41) is 14.0. The highest BCUT2D eigenvalue weighted by atomic mass is 127. The van der Waals surface area contributed by atoms with Gasteiger partial charge < -0.3 is 10.4 Å². The maximum absolute atomic E-state index is 13.2. The molecule has 0 saturated heterocycles. The van der Waals surface area contributed by atoms with E-state index in [-0.39, 0.29) is 26.7 Å². The second kappa shape index (κ2) is 10.5. The van der Waals surface area contributed by atoms with Crippen LogP contribution >= 0.6 is 57.5 Å². The summed E-state index contributed by atoms with van der Waals surface area (Å²) in [6.45, 7) is 1.62. The minimum absolute atomic E-state index is 0.0441. The predicted octanol–water partition coefficient (Wildman–Crippen LogP) is 5.26. The molecular weight excluding hydrogens is 646 g/mol. The van der Waals surface area contributed by atoms with Crippen LogP contribution in [-0.4, -0.2) is 34.2 Å². The van der Waals surface area contributed by atoms with Crippen LogP contribution in [0.1, 0.15) is 28.9 Å². The number of hydrogen-bond acceptors (Lipinski definition) is 7. The maximum Gasteiger partial charge on any atom is 0.264 e. The fourth-order valence-electron chi connectivity index (χ4n) is 3.35. The molecule has 3 aromatic carbocycles. The molecule has 0 bridgehead atoms. The van der Waals surface area contributed by atoms with Gasteiger partial charge >= 0.3 is 0 Å². The van der Waals surface area contributed by atoms with Crippen LogP contribution in [0.4, 0.5) is 5.69 Å². The zero-order valence-corrected chi connectivity index (χ0v) is 23.2. The number of carbonyl (C=O) groups excluding carboxylic acids is 1. The molecule has 4 aromatic rings. The third-order valence-corrected chi connectivity index (χ3v) is 8.48. The summed E-state index contributed by atoms with van der Waals surface area (Å²) in [5.74, 6) is -0.570. The molecule has 2 unspecified atom stereocenters. The first-order chi connectivity index (χ1) is 16.6. The van der Waals surface area contributed by atoms with Gasteiger partial charge in [0.05, 0.1) is 45.2 Å². The smallest absolute Gasteiger partial charge is 0.264 e. The largest absolute Gasteiger partial charge is 0.386 e. The topological polar surface area (TPSA) is 121 Å². The zero-order chi connectivity index (χ0) is 25.3. The highest BCUT2D eigenvalue weighted by Crippen LogP contribution is 2.29. The van der Waals surface area contributed by atoms with Crippen molar-refractivity contribution in [3.8, 4) is 0 Å². The Kier molecular flexibility index (Phi) is 7.83. The minimum Gasteiger partial charge on any atom is -0.386 e. The standard InChI is InChI=1S/C22H17Cl2IN4O4S2/c1-11(21(30)12-5-8-15(23)16(24)9-12)26-22(31)14-7-6-13(25)10-18(14)29-35(32,33)19-4-2-3-17-20(19)28-34-27-17/h2-11,21,29-30H,1H3,(H,26,31). The van der Waals surface area contributed by atoms with Gasteiger partial charge in [0.15, 0.2) is 0 Å². The number of fused-ring (bicyclic) bond motifs is 1. The monoisotopic (exact) mass is 662 g/mol. The number of halogens is 3. The lowest BCUT2D eigenvalue weighted by Crippen LogP contribution is -2.37. The van der Waals surface area contributed by atoms with E-state index in [0.717, 1.165) is 11.7 Å². The number of aromatic nitrogens is 2. The average Bonchev–Trinajstić information content (AvgIpc) is 3.29. The van der Waals surface area contributed by atoms with Crippen molar-refractivity contribution in [2.75, 3.05) is 4.72 Å². The number of anilines is 1. The first-order valence-corrected chi connectivity index (χ1v) is 14.1. The van der Waals surface area contributed by atoms with E-state index < -0.39 is 28.1 Å². The summed E-state index contributed by atoms with van der Waals surface area (Å²) in [5.41, 5.74) is 1.36. The number of carbonyl (C=O) groups is 1. The molecular formula is C22H17Cl2IN4O4S2. The molecule has 0 aliphatic heterocycles. The van der Waals surface area contributed by atoms with Crippen LogP contribution in [0.2, 0.25) is 10.0 Å². The van der Waals surface area contributed by atoms with E-state index in [9.17, 15) is 18.3 Å². The number of aliphatic hydroxyl groups excluding tert-OH is 1. The molecule has 0 fully saturated rings. The van der Waals surface area contributed by atoms with Gasteiger partial charge in [0.1, 0.15) is 15.9 Å². The lowest BCUT2D eigenvalue weighted by molar-refractivity contribution is 0.0853. The summed E-state index contributed by atoms with van der Waals surface area (Å²) in [7, 11) is -4.08. The van der Waals surface area contributed by atoms with Gasteiger partial charge in [0.2, 0.25) is 0 Å². The van der Waals surface area contributed by atoms with Crippen molar-refractivity contribution < 1.29 is 18.3 Å². The first-order valence-electron chi connectivity index (χ1n) is 10.0. The van der Waals surface area contributed by atoms with Crippen LogP contribution in [-0.2, 0) is 10.0 Å². The Bertz CT molecular complexity index is 1530. The number of sulfonamides is 1. The first kappa shape index (κ1) is 26.0. The van der Waals surface area contributed by atoms with Crippen molar-refractivity contribution in [3.63, 3.8) is 0 Å². The van der Waals surface area contributed by atoms with E-state index in [1.165, 1.54) is 18.2 Å². The molecule has 3 N–H and O–H groups in total. The van der Waals surface area contributed by atoms with Crippen molar-refractivity contribution in [3.05, 3.63) is 79.3 Å². The van der Waals surface area contributed by atoms with Crippen LogP contribution < -0.4 is 10.0 Å². The van der Waals surface area contributed by atoms with Crippen LogP contribution in [0.25, 0.3) is 11.0 Å². The van der Waals surface area contributed by atoms with Gasteiger partial charge in [-0.2, -0.15) is 8.75 Å². The van der Waals surface area contributed by atoms with Crippen molar-refractivity contribution in [2.45, 2.75) is 24.0 Å². The van der Waals surface area contributed by atoms with Crippen LogP contribution in [0.15, 0.2) is 59.5 Å². The number of nitrogens with zero attached hydrogens (tertiary/aromatic N) is 2. The molecule has 13 heteroatoms. The number of aliphatic hydroxyl groups is 1. The van der Waals surface area contributed by atoms with E-state index in [4.69, 9.17) is 23.2 Å². The van der Waals surface area contributed by atoms with Gasteiger partial charge in [-0.1, -0.05) is 35.3 Å². The number of rotatable bonds is 7. The van der Waals surface area contributed by atoms with Crippen LogP contribution in [0.5, 0.6) is 0 Å². The van der Waals surface area contributed by atoms with E-state index >= 15 is 0 Å². The molecule has 35 heavy (non-hydrogen) atoms. The molecule has 0 aliphatic carbocycles. The average molecular weight is 663 g/mol. The second-order valence-electron chi connectivity index (χ2n) is 7.56. The third kappa shape index (κ3) is 5.70. The molecule has 0 saturated carbocycles. The molecule has 1 heterocycles. The third-order valence-electron chi connectivity index (χ3n) is 5.13. The lowest BCUT2D eigenvalue weighted by Gasteiger charge is -2.22. The second-order valence-corrected chi connectivity index (χ2v) is 11.8. The van der Waals surface area contributed by atoms with Crippen molar-refractivity contribution >= 4 is 90.2 Å². The summed E-state index contributed by atoms with van der Waals surface area (Å²) >= 11 is 14.9. The van der Waals surface area contributed by atoms with E-state index in [0.29, 0.717) is 19.7 Å². The van der Waals surface area contributed by atoms with E-state index in [2.05, 4.69) is 18.8 Å². The Morgan fingerprint density at radius 3 is 2.60 bits per heavy atom. The molecule has 0 radical (unpaired) electrons. The number of benzene rings is 3. The molecule has 2 atom stereocenters. The highest BCUT2D eigenvalue weighted by molar-refractivity contribution is 14.1. The molecule has 1 aromatic heterocycles. The molecule has 182 valence electrons. The number of amides is 1. The SMILES string of the molecule is CC(NC(=O)c1ccc(I)cc1NS(=O)(=O)c1cccc2nsnc12)C(O)c1ccc(Cl)c(Cl)c1.